The van der Waals surface area contributed by atoms with Gasteiger partial charge in [-0.05, 0) is 0 Å². The van der Waals surface area contributed by atoms with E-state index in [1.165, 1.54) is 10.6 Å². The number of hydrogen-bond acceptors (Lipinski definition) is 4. The van der Waals surface area contributed by atoms with Crippen LogP contribution in [0.15, 0.2) is 60.7 Å². The minimum Gasteiger partial charge on any atom is -0.199 e. The highest BCUT2D eigenvalue weighted by Crippen LogP contribution is 2.58. The molecule has 0 amide bonds. The third-order valence-corrected chi connectivity index (χ3v) is 8.98. The molecule has 6 heteroatoms. The van der Waals surface area contributed by atoms with Gasteiger partial charge in [0.05, 0.1) is 0 Å². The van der Waals surface area contributed by atoms with Crippen molar-refractivity contribution in [1.29, 1.82) is 0 Å². The molecule has 1 aliphatic heterocycles. The molecular formula is C16H22N4P2. The summed E-state index contributed by atoms with van der Waals surface area (Å²) in [7, 11) is 7.68. The Hall–Kier alpha value is -0.860. The Kier molecular flexibility index (Phi) is 4.89. The lowest BCUT2D eigenvalue weighted by Crippen LogP contribution is -2.51. The summed E-state index contributed by atoms with van der Waals surface area (Å²) in [4.78, 5) is 0. The van der Waals surface area contributed by atoms with E-state index in [1.54, 1.807) is 0 Å². The molecule has 2 aromatic rings. The van der Waals surface area contributed by atoms with Crippen LogP contribution in [0.2, 0.25) is 0 Å². The fourth-order valence-electron chi connectivity index (χ4n) is 2.66. The zero-order valence-electron chi connectivity index (χ0n) is 13.5. The van der Waals surface area contributed by atoms with Crippen LogP contribution in [-0.2, 0) is 0 Å². The van der Waals surface area contributed by atoms with E-state index in [0.29, 0.717) is 0 Å². The third kappa shape index (κ3) is 2.83. The van der Waals surface area contributed by atoms with Gasteiger partial charge in [-0.1, -0.05) is 60.7 Å². The van der Waals surface area contributed by atoms with Crippen LogP contribution in [-0.4, -0.2) is 47.3 Å². The molecule has 22 heavy (non-hydrogen) atoms. The summed E-state index contributed by atoms with van der Waals surface area (Å²) in [6, 6.07) is 21.5. The van der Waals surface area contributed by atoms with E-state index < -0.39 is 16.4 Å². The molecule has 1 saturated heterocycles. The first kappa shape index (κ1) is 16.0. The first-order valence-corrected chi connectivity index (χ1v) is 9.75. The number of benzene rings is 2. The van der Waals surface area contributed by atoms with Crippen LogP contribution in [0.25, 0.3) is 0 Å². The molecule has 0 N–H and O–H groups in total. The van der Waals surface area contributed by atoms with Crippen LogP contribution < -0.4 is 10.6 Å². The van der Waals surface area contributed by atoms with Crippen molar-refractivity contribution in [3.63, 3.8) is 0 Å². The molecule has 0 bridgehead atoms. The summed E-state index contributed by atoms with van der Waals surface area (Å²) in [6.45, 7) is 0. The zero-order chi connectivity index (χ0) is 15.7. The molecule has 0 saturated carbocycles. The van der Waals surface area contributed by atoms with Crippen molar-refractivity contribution in [2.75, 3.05) is 28.2 Å². The number of hydrogen-bond donors (Lipinski definition) is 0. The average Bonchev–Trinajstić information content (AvgIpc) is 2.55. The molecule has 0 spiro atoms. The summed E-state index contributed by atoms with van der Waals surface area (Å²) >= 11 is 0. The molecule has 2 aromatic carbocycles. The minimum atomic E-state index is -0.550. The second-order valence-corrected chi connectivity index (χ2v) is 9.71. The van der Waals surface area contributed by atoms with Gasteiger partial charge in [-0.2, -0.15) is 19.1 Å². The molecule has 0 aromatic heterocycles. The van der Waals surface area contributed by atoms with Crippen LogP contribution in [0, 0.1) is 0 Å². The first-order valence-electron chi connectivity index (χ1n) is 7.26. The monoisotopic (exact) mass is 332 g/mol. The lowest BCUT2D eigenvalue weighted by molar-refractivity contribution is 0.148. The molecular weight excluding hydrogens is 310 g/mol. The quantitative estimate of drug-likeness (QED) is 0.784. The van der Waals surface area contributed by atoms with Crippen molar-refractivity contribution in [3.8, 4) is 0 Å². The molecule has 1 heterocycles. The molecule has 1 aliphatic rings. The van der Waals surface area contributed by atoms with Crippen LogP contribution in [0.1, 0.15) is 0 Å². The Morgan fingerprint density at radius 3 is 1.05 bits per heavy atom. The zero-order valence-corrected chi connectivity index (χ0v) is 15.2. The lowest BCUT2D eigenvalue weighted by Gasteiger charge is -2.53. The number of rotatable bonds is 2. The summed E-state index contributed by atoms with van der Waals surface area (Å²) in [6.07, 6.45) is 0. The SMILES string of the molecule is CN1N(C)P(c2ccccc2)N(C)N(C)P1c1ccccc1. The van der Waals surface area contributed by atoms with Crippen molar-refractivity contribution < 1.29 is 0 Å². The standard InChI is InChI=1S/C16H22N4P2/c1-17-18(2)22(16-13-9-6-10-14-16)20(4)19(3)21(17)15-11-7-5-8-12-15/h5-14H,1-4H3. The van der Waals surface area contributed by atoms with Crippen molar-refractivity contribution >= 4 is 27.1 Å². The summed E-state index contributed by atoms with van der Waals surface area (Å²) in [5.74, 6) is 0. The molecule has 1 fully saturated rings. The maximum Gasteiger partial charge on any atom is 0.101 e. The predicted molar refractivity (Wildman–Crippen MR) is 97.0 cm³/mol. The Morgan fingerprint density at radius 1 is 0.500 bits per heavy atom. The third-order valence-electron chi connectivity index (χ3n) is 3.91. The highest BCUT2D eigenvalue weighted by molar-refractivity contribution is 7.66. The van der Waals surface area contributed by atoms with Crippen molar-refractivity contribution in [3.05, 3.63) is 60.7 Å². The molecule has 0 unspecified atom stereocenters. The summed E-state index contributed by atoms with van der Waals surface area (Å²) < 4.78 is 9.57. The Morgan fingerprint density at radius 2 is 0.773 bits per heavy atom. The van der Waals surface area contributed by atoms with Gasteiger partial charge in [-0.25, -0.2) is 0 Å². The van der Waals surface area contributed by atoms with E-state index in [9.17, 15) is 0 Å². The highest BCUT2D eigenvalue weighted by atomic mass is 31.2. The molecule has 116 valence electrons. The van der Waals surface area contributed by atoms with E-state index >= 15 is 0 Å². The van der Waals surface area contributed by atoms with Gasteiger partial charge >= 0.3 is 0 Å². The van der Waals surface area contributed by atoms with Crippen LogP contribution in [0.5, 0.6) is 0 Å². The topological polar surface area (TPSA) is 13.0 Å². The van der Waals surface area contributed by atoms with Crippen molar-refractivity contribution in [1.82, 2.24) is 19.1 Å². The Balaban J connectivity index is 1.95. The fraction of sp³-hybridized carbons (Fsp3) is 0.250. The van der Waals surface area contributed by atoms with Gasteiger partial charge in [0.25, 0.3) is 0 Å². The van der Waals surface area contributed by atoms with Crippen molar-refractivity contribution in [2.24, 2.45) is 0 Å². The second kappa shape index (κ2) is 6.72. The second-order valence-electron chi connectivity index (χ2n) is 5.21. The van der Waals surface area contributed by atoms with E-state index in [1.807, 2.05) is 0 Å². The summed E-state index contributed by atoms with van der Waals surface area (Å²) in [5, 5.41) is 2.73. The minimum absolute atomic E-state index is 0.550. The van der Waals surface area contributed by atoms with Gasteiger partial charge in [0.2, 0.25) is 0 Å². The fourth-order valence-corrected chi connectivity index (χ4v) is 7.51. The molecule has 0 atom stereocenters. The lowest BCUT2D eigenvalue weighted by atomic mass is 10.4. The van der Waals surface area contributed by atoms with Gasteiger partial charge in [0.1, 0.15) is 16.4 Å². The first-order chi connectivity index (χ1) is 10.6. The maximum absolute atomic E-state index is 2.39. The molecule has 0 radical (unpaired) electrons. The smallest absolute Gasteiger partial charge is 0.101 e. The van der Waals surface area contributed by atoms with Gasteiger partial charge in [-0.15, -0.1) is 0 Å². The molecule has 0 aliphatic carbocycles. The Labute approximate surface area is 135 Å². The average molecular weight is 332 g/mol. The van der Waals surface area contributed by atoms with Gasteiger partial charge in [-0.3, -0.25) is 0 Å². The van der Waals surface area contributed by atoms with Crippen LogP contribution >= 0.6 is 16.4 Å². The maximum atomic E-state index is 2.39. The number of hydrazine groups is 2. The highest BCUT2D eigenvalue weighted by Gasteiger charge is 2.40. The largest absolute Gasteiger partial charge is 0.199 e. The van der Waals surface area contributed by atoms with Gasteiger partial charge < -0.3 is 0 Å². The Bertz CT molecular complexity index is 539. The molecule has 4 nitrogen and oxygen atoms in total. The number of nitrogens with zero attached hydrogens (tertiary/aromatic N) is 4. The summed E-state index contributed by atoms with van der Waals surface area (Å²) in [5.41, 5.74) is 0. The van der Waals surface area contributed by atoms with Crippen LogP contribution in [0.3, 0.4) is 0 Å². The van der Waals surface area contributed by atoms with Gasteiger partial charge in [0.15, 0.2) is 0 Å². The van der Waals surface area contributed by atoms with E-state index in [-0.39, 0.29) is 0 Å². The van der Waals surface area contributed by atoms with E-state index in [2.05, 4.69) is 108 Å². The van der Waals surface area contributed by atoms with E-state index in [4.69, 9.17) is 0 Å². The van der Waals surface area contributed by atoms with Crippen LogP contribution in [0.4, 0.5) is 0 Å². The van der Waals surface area contributed by atoms with Gasteiger partial charge in [0, 0.05) is 38.8 Å². The van der Waals surface area contributed by atoms with E-state index in [0.717, 1.165) is 0 Å². The van der Waals surface area contributed by atoms with Crippen molar-refractivity contribution in [2.45, 2.75) is 0 Å². The predicted octanol–water partition coefficient (Wildman–Crippen LogP) is 2.83. The normalized spacial score (nSPS) is 25.5. The molecule has 3 rings (SSSR count).